The van der Waals surface area contributed by atoms with Gasteiger partial charge in [0.25, 0.3) is 0 Å². The van der Waals surface area contributed by atoms with Crippen LogP contribution in [-0.4, -0.2) is 21.7 Å². The number of nitrogens with one attached hydrogen (secondary N) is 2. The fourth-order valence-electron chi connectivity index (χ4n) is 2.07. The van der Waals surface area contributed by atoms with Crippen molar-refractivity contribution >= 4 is 11.6 Å². The van der Waals surface area contributed by atoms with Crippen molar-refractivity contribution in [3.8, 4) is 0 Å². The van der Waals surface area contributed by atoms with Gasteiger partial charge in [0.2, 0.25) is 0 Å². The monoisotopic (exact) mass is 273 g/mol. The molecule has 0 atom stereocenters. The maximum Gasteiger partial charge on any atom is 0.136 e. The topological polar surface area (TPSA) is 75.9 Å². The summed E-state index contributed by atoms with van der Waals surface area (Å²) in [5.74, 6) is 3.27. The molecular formula is C14H19N5O. The van der Waals surface area contributed by atoms with Crippen LogP contribution in [0.15, 0.2) is 16.9 Å². The van der Waals surface area contributed by atoms with Crippen LogP contribution in [-0.2, 0) is 6.54 Å². The highest BCUT2D eigenvalue weighted by molar-refractivity contribution is 5.57. The van der Waals surface area contributed by atoms with E-state index in [0.717, 1.165) is 35.3 Å². The molecule has 2 N–H and O–H groups in total. The van der Waals surface area contributed by atoms with Crippen LogP contribution in [0.1, 0.15) is 42.8 Å². The van der Waals surface area contributed by atoms with Crippen LogP contribution in [0, 0.1) is 6.92 Å². The molecule has 0 radical (unpaired) electrons. The molecule has 1 fully saturated rings. The zero-order valence-electron chi connectivity index (χ0n) is 11.8. The highest BCUT2D eigenvalue weighted by Gasteiger charge is 2.28. The third-order valence-electron chi connectivity index (χ3n) is 3.38. The van der Waals surface area contributed by atoms with Gasteiger partial charge in [-0.3, -0.25) is 0 Å². The quantitative estimate of drug-likeness (QED) is 0.842. The largest absolute Gasteiger partial charge is 0.370 e. The van der Waals surface area contributed by atoms with Crippen LogP contribution in [0.2, 0.25) is 0 Å². The van der Waals surface area contributed by atoms with Gasteiger partial charge < -0.3 is 15.2 Å². The Bertz CT molecular complexity index is 578. The lowest BCUT2D eigenvalue weighted by Crippen LogP contribution is -2.11. The molecule has 2 aromatic rings. The van der Waals surface area contributed by atoms with E-state index in [1.807, 2.05) is 13.0 Å². The Hall–Kier alpha value is -2.11. The predicted molar refractivity (Wildman–Crippen MR) is 76.7 cm³/mol. The maximum atomic E-state index is 4.83. The number of nitrogens with zero attached hydrogens (tertiary/aromatic N) is 3. The minimum Gasteiger partial charge on any atom is -0.370 e. The lowest BCUT2D eigenvalue weighted by atomic mass is 10.2. The fourth-order valence-corrected chi connectivity index (χ4v) is 2.07. The molecule has 6 nitrogen and oxygen atoms in total. The van der Waals surface area contributed by atoms with Crippen molar-refractivity contribution in [2.24, 2.45) is 0 Å². The summed E-state index contributed by atoms with van der Waals surface area (Å²) in [6, 6.07) is 1.84. The molecule has 0 bridgehead atoms. The van der Waals surface area contributed by atoms with Crippen molar-refractivity contribution in [2.45, 2.75) is 39.2 Å². The van der Waals surface area contributed by atoms with Crippen LogP contribution in [0.3, 0.4) is 0 Å². The number of hydrogen-bond acceptors (Lipinski definition) is 6. The standard InChI is InChI=1S/C14H19N5O/c1-3-15-12-9(2)13(16-8-11-6-7-20-19-11)18-14(17-12)10-4-5-10/h6-7,10H,3-5,8H2,1-2H3,(H2,15,16,17,18). The minimum absolute atomic E-state index is 0.528. The molecule has 0 aliphatic heterocycles. The van der Waals surface area contributed by atoms with E-state index in [2.05, 4.69) is 32.7 Å². The van der Waals surface area contributed by atoms with Crippen molar-refractivity contribution < 1.29 is 4.52 Å². The molecule has 1 aliphatic carbocycles. The Balaban J connectivity index is 1.83. The summed E-state index contributed by atoms with van der Waals surface area (Å²) in [6.07, 6.45) is 3.96. The second kappa shape index (κ2) is 5.48. The molecular weight excluding hydrogens is 254 g/mol. The SMILES string of the molecule is CCNc1nc(C2CC2)nc(NCc2ccon2)c1C. The fraction of sp³-hybridized carbons (Fsp3) is 0.500. The zero-order valence-corrected chi connectivity index (χ0v) is 11.8. The average Bonchev–Trinajstić information content (AvgIpc) is 3.17. The van der Waals surface area contributed by atoms with Gasteiger partial charge in [-0.2, -0.15) is 0 Å². The summed E-state index contributed by atoms with van der Waals surface area (Å²) >= 11 is 0. The maximum absolute atomic E-state index is 4.83. The summed E-state index contributed by atoms with van der Waals surface area (Å²) in [7, 11) is 0. The van der Waals surface area contributed by atoms with Crippen LogP contribution >= 0.6 is 0 Å². The van der Waals surface area contributed by atoms with Crippen LogP contribution in [0.25, 0.3) is 0 Å². The second-order valence-corrected chi connectivity index (χ2v) is 5.05. The smallest absolute Gasteiger partial charge is 0.136 e. The Morgan fingerprint density at radius 2 is 2.00 bits per heavy atom. The van der Waals surface area contributed by atoms with Gasteiger partial charge in [0.15, 0.2) is 0 Å². The minimum atomic E-state index is 0.528. The number of hydrogen-bond donors (Lipinski definition) is 2. The van der Waals surface area contributed by atoms with Gasteiger partial charge in [-0.25, -0.2) is 9.97 Å². The van der Waals surface area contributed by atoms with Crippen LogP contribution < -0.4 is 10.6 Å². The molecule has 2 heterocycles. The molecule has 0 spiro atoms. The van der Waals surface area contributed by atoms with Crippen molar-refractivity contribution in [1.29, 1.82) is 0 Å². The molecule has 106 valence electrons. The lowest BCUT2D eigenvalue weighted by molar-refractivity contribution is 0.412. The highest BCUT2D eigenvalue weighted by atomic mass is 16.5. The summed E-state index contributed by atoms with van der Waals surface area (Å²) in [5.41, 5.74) is 1.90. The molecule has 1 aliphatic rings. The Labute approximate surface area is 118 Å². The Kier molecular flexibility index (Phi) is 3.54. The van der Waals surface area contributed by atoms with Gasteiger partial charge in [0.05, 0.1) is 6.54 Å². The summed E-state index contributed by atoms with van der Waals surface area (Å²) in [6.45, 7) is 5.55. The first-order valence-corrected chi connectivity index (χ1v) is 7.03. The van der Waals surface area contributed by atoms with E-state index in [4.69, 9.17) is 4.52 Å². The third kappa shape index (κ3) is 2.74. The van der Waals surface area contributed by atoms with E-state index in [9.17, 15) is 0 Å². The molecule has 6 heteroatoms. The molecule has 2 aromatic heterocycles. The van der Waals surface area contributed by atoms with E-state index in [1.54, 1.807) is 6.26 Å². The van der Waals surface area contributed by atoms with E-state index in [1.165, 1.54) is 12.8 Å². The van der Waals surface area contributed by atoms with Gasteiger partial charge in [-0.15, -0.1) is 0 Å². The van der Waals surface area contributed by atoms with Gasteiger partial charge in [-0.1, -0.05) is 5.16 Å². The van der Waals surface area contributed by atoms with Crippen molar-refractivity contribution in [3.63, 3.8) is 0 Å². The number of anilines is 2. The van der Waals surface area contributed by atoms with Gasteiger partial charge in [0, 0.05) is 24.1 Å². The zero-order chi connectivity index (χ0) is 13.9. The van der Waals surface area contributed by atoms with Gasteiger partial charge in [-0.05, 0) is 26.7 Å². The molecule has 1 saturated carbocycles. The molecule has 3 rings (SSSR count). The van der Waals surface area contributed by atoms with Crippen molar-refractivity contribution in [1.82, 2.24) is 15.1 Å². The van der Waals surface area contributed by atoms with Gasteiger partial charge in [0.1, 0.15) is 29.4 Å². The molecule has 0 amide bonds. The average molecular weight is 273 g/mol. The van der Waals surface area contributed by atoms with Crippen LogP contribution in [0.4, 0.5) is 11.6 Å². The Morgan fingerprint density at radius 3 is 2.60 bits per heavy atom. The highest BCUT2D eigenvalue weighted by Crippen LogP contribution is 2.39. The summed E-state index contributed by atoms with van der Waals surface area (Å²) < 4.78 is 4.83. The van der Waals surface area contributed by atoms with Gasteiger partial charge >= 0.3 is 0 Å². The first kappa shape index (κ1) is 12.9. The molecule has 0 saturated heterocycles. The lowest BCUT2D eigenvalue weighted by Gasteiger charge is -2.13. The first-order chi connectivity index (χ1) is 9.78. The normalized spacial score (nSPS) is 14.3. The van der Waals surface area contributed by atoms with E-state index in [0.29, 0.717) is 12.5 Å². The van der Waals surface area contributed by atoms with Crippen LogP contribution in [0.5, 0.6) is 0 Å². The third-order valence-corrected chi connectivity index (χ3v) is 3.38. The van der Waals surface area contributed by atoms with E-state index in [-0.39, 0.29) is 0 Å². The van der Waals surface area contributed by atoms with E-state index < -0.39 is 0 Å². The summed E-state index contributed by atoms with van der Waals surface area (Å²) in [5, 5.41) is 10.5. The van der Waals surface area contributed by atoms with E-state index >= 15 is 0 Å². The second-order valence-electron chi connectivity index (χ2n) is 5.05. The Morgan fingerprint density at radius 1 is 1.25 bits per heavy atom. The molecule has 0 unspecified atom stereocenters. The molecule has 0 aromatic carbocycles. The molecule has 20 heavy (non-hydrogen) atoms. The summed E-state index contributed by atoms with van der Waals surface area (Å²) in [4.78, 5) is 9.29. The van der Waals surface area contributed by atoms with Crippen molar-refractivity contribution in [2.75, 3.05) is 17.2 Å². The predicted octanol–water partition coefficient (Wildman–Crippen LogP) is 2.69. The number of aromatic nitrogens is 3. The van der Waals surface area contributed by atoms with Crippen molar-refractivity contribution in [3.05, 3.63) is 29.4 Å². The number of rotatable bonds is 6. The first-order valence-electron chi connectivity index (χ1n) is 7.03.